The molecule has 1 unspecified atom stereocenters. The van der Waals surface area contributed by atoms with Gasteiger partial charge in [0.15, 0.2) is 0 Å². The number of aromatic nitrogens is 2. The van der Waals surface area contributed by atoms with Gasteiger partial charge in [0.05, 0.1) is 5.38 Å². The summed E-state index contributed by atoms with van der Waals surface area (Å²) in [5.74, 6) is 0.104. The molecule has 88 valence electrons. The number of alkyl halides is 1. The molecule has 0 N–H and O–H groups in total. The van der Waals surface area contributed by atoms with Gasteiger partial charge in [0.2, 0.25) is 0 Å². The normalized spacial score (nSPS) is 12.4. The van der Waals surface area contributed by atoms with Crippen molar-refractivity contribution < 1.29 is 4.39 Å². The van der Waals surface area contributed by atoms with Gasteiger partial charge in [-0.25, -0.2) is 14.4 Å². The van der Waals surface area contributed by atoms with E-state index in [4.69, 9.17) is 23.2 Å². The standard InChI is InChI=1S/C12H9Cl2FN2/c13-9-3-1-4-11(15)8(9)7-10(14)12-16-5-2-6-17-12/h1-6,10H,7H2. The van der Waals surface area contributed by atoms with Gasteiger partial charge in [-0.15, -0.1) is 11.6 Å². The fraction of sp³-hybridized carbons (Fsp3) is 0.167. The lowest BCUT2D eigenvalue weighted by atomic mass is 10.1. The van der Waals surface area contributed by atoms with E-state index in [2.05, 4.69) is 9.97 Å². The Balaban J connectivity index is 2.22. The maximum atomic E-state index is 13.5. The summed E-state index contributed by atoms with van der Waals surface area (Å²) in [5.41, 5.74) is 0.390. The lowest BCUT2D eigenvalue weighted by Crippen LogP contribution is -2.03. The van der Waals surface area contributed by atoms with Gasteiger partial charge in [0.25, 0.3) is 0 Å². The van der Waals surface area contributed by atoms with Crippen molar-refractivity contribution in [3.05, 3.63) is 58.9 Å². The van der Waals surface area contributed by atoms with E-state index in [0.29, 0.717) is 16.4 Å². The van der Waals surface area contributed by atoms with Crippen LogP contribution in [0.1, 0.15) is 16.8 Å². The molecule has 0 aliphatic rings. The number of benzene rings is 1. The molecule has 0 aliphatic carbocycles. The number of nitrogens with zero attached hydrogens (tertiary/aromatic N) is 2. The largest absolute Gasteiger partial charge is 0.240 e. The Morgan fingerprint density at radius 3 is 2.53 bits per heavy atom. The minimum atomic E-state index is -0.495. The zero-order chi connectivity index (χ0) is 12.3. The molecule has 1 aromatic carbocycles. The van der Waals surface area contributed by atoms with Crippen LogP contribution in [-0.4, -0.2) is 9.97 Å². The molecule has 0 spiro atoms. The van der Waals surface area contributed by atoms with E-state index in [1.807, 2.05) is 0 Å². The first kappa shape index (κ1) is 12.3. The van der Waals surface area contributed by atoms with E-state index in [-0.39, 0.29) is 12.2 Å². The molecular weight excluding hydrogens is 262 g/mol. The number of hydrogen-bond donors (Lipinski definition) is 0. The van der Waals surface area contributed by atoms with Crippen molar-refractivity contribution in [2.45, 2.75) is 11.8 Å². The zero-order valence-corrected chi connectivity index (χ0v) is 10.3. The number of hydrogen-bond acceptors (Lipinski definition) is 2. The predicted octanol–water partition coefficient (Wildman–Crippen LogP) is 3.79. The van der Waals surface area contributed by atoms with Crippen molar-refractivity contribution >= 4 is 23.2 Å². The monoisotopic (exact) mass is 270 g/mol. The topological polar surface area (TPSA) is 25.8 Å². The first-order chi connectivity index (χ1) is 8.18. The van der Waals surface area contributed by atoms with Gasteiger partial charge in [0, 0.05) is 29.4 Å². The highest BCUT2D eigenvalue weighted by molar-refractivity contribution is 6.31. The van der Waals surface area contributed by atoms with Gasteiger partial charge >= 0.3 is 0 Å². The Labute approximate surface area is 108 Å². The van der Waals surface area contributed by atoms with Crippen LogP contribution < -0.4 is 0 Å². The maximum absolute atomic E-state index is 13.5. The van der Waals surface area contributed by atoms with Crippen LogP contribution in [0.4, 0.5) is 4.39 Å². The Kier molecular flexibility index (Phi) is 3.92. The third-order valence-electron chi connectivity index (χ3n) is 2.31. The fourth-order valence-electron chi connectivity index (χ4n) is 1.47. The molecule has 2 nitrogen and oxygen atoms in total. The van der Waals surface area contributed by atoms with E-state index in [0.717, 1.165) is 0 Å². The first-order valence-corrected chi connectivity index (χ1v) is 5.84. The smallest absolute Gasteiger partial charge is 0.146 e. The molecule has 0 radical (unpaired) electrons. The third-order valence-corrected chi connectivity index (χ3v) is 3.01. The van der Waals surface area contributed by atoms with Crippen molar-refractivity contribution in [2.75, 3.05) is 0 Å². The minimum Gasteiger partial charge on any atom is -0.240 e. The maximum Gasteiger partial charge on any atom is 0.146 e. The molecule has 2 rings (SSSR count). The van der Waals surface area contributed by atoms with Gasteiger partial charge in [0.1, 0.15) is 11.6 Å². The molecule has 5 heteroatoms. The predicted molar refractivity (Wildman–Crippen MR) is 65.7 cm³/mol. The molecule has 0 saturated carbocycles. The van der Waals surface area contributed by atoms with Crippen LogP contribution in [0.3, 0.4) is 0 Å². The quantitative estimate of drug-likeness (QED) is 0.794. The second kappa shape index (κ2) is 5.43. The highest BCUT2D eigenvalue weighted by Gasteiger charge is 2.16. The van der Waals surface area contributed by atoms with Crippen LogP contribution in [0.5, 0.6) is 0 Å². The Morgan fingerprint density at radius 1 is 1.18 bits per heavy atom. The van der Waals surface area contributed by atoms with Gasteiger partial charge in [-0.3, -0.25) is 0 Å². The number of halogens is 3. The van der Waals surface area contributed by atoms with E-state index in [1.54, 1.807) is 30.6 Å². The highest BCUT2D eigenvalue weighted by Crippen LogP contribution is 2.27. The summed E-state index contributed by atoms with van der Waals surface area (Å²) < 4.78 is 13.5. The molecule has 2 aromatic rings. The number of rotatable bonds is 3. The average Bonchev–Trinajstić information content (AvgIpc) is 2.35. The summed E-state index contributed by atoms with van der Waals surface area (Å²) in [4.78, 5) is 8.05. The van der Waals surface area contributed by atoms with Gasteiger partial charge in [-0.1, -0.05) is 17.7 Å². The summed E-state index contributed by atoms with van der Waals surface area (Å²) >= 11 is 12.1. The molecule has 0 bridgehead atoms. The van der Waals surface area contributed by atoms with Crippen LogP contribution in [0.25, 0.3) is 0 Å². The molecule has 17 heavy (non-hydrogen) atoms. The zero-order valence-electron chi connectivity index (χ0n) is 8.78. The van der Waals surface area contributed by atoms with Gasteiger partial charge < -0.3 is 0 Å². The third kappa shape index (κ3) is 2.93. The van der Waals surface area contributed by atoms with Crippen LogP contribution in [0.2, 0.25) is 5.02 Å². The summed E-state index contributed by atoms with van der Waals surface area (Å²) in [7, 11) is 0. The van der Waals surface area contributed by atoms with E-state index in [1.165, 1.54) is 6.07 Å². The summed E-state index contributed by atoms with van der Waals surface area (Å²) in [6, 6.07) is 6.25. The van der Waals surface area contributed by atoms with Crippen molar-refractivity contribution in [3.8, 4) is 0 Å². The molecule has 0 saturated heterocycles. The fourth-order valence-corrected chi connectivity index (χ4v) is 1.98. The molecule has 1 aromatic heterocycles. The van der Waals surface area contributed by atoms with Gasteiger partial charge in [-0.2, -0.15) is 0 Å². The molecule has 0 aliphatic heterocycles. The summed E-state index contributed by atoms with van der Waals surface area (Å²) in [6.07, 6.45) is 3.46. The van der Waals surface area contributed by atoms with E-state index >= 15 is 0 Å². The Hall–Kier alpha value is -1.19. The lowest BCUT2D eigenvalue weighted by molar-refractivity contribution is 0.605. The molecule has 1 heterocycles. The second-order valence-electron chi connectivity index (χ2n) is 3.48. The Bertz CT molecular complexity index is 485. The van der Waals surface area contributed by atoms with E-state index < -0.39 is 5.38 Å². The first-order valence-electron chi connectivity index (χ1n) is 5.02. The second-order valence-corrected chi connectivity index (χ2v) is 4.41. The summed E-state index contributed by atoms with van der Waals surface area (Å²) in [5, 5.41) is -0.128. The van der Waals surface area contributed by atoms with Crippen molar-refractivity contribution in [1.29, 1.82) is 0 Å². The van der Waals surface area contributed by atoms with E-state index in [9.17, 15) is 4.39 Å². The minimum absolute atomic E-state index is 0.261. The van der Waals surface area contributed by atoms with Crippen molar-refractivity contribution in [1.82, 2.24) is 9.97 Å². The van der Waals surface area contributed by atoms with Gasteiger partial charge in [-0.05, 0) is 18.2 Å². The molecular formula is C12H9Cl2FN2. The van der Waals surface area contributed by atoms with Crippen LogP contribution in [0.15, 0.2) is 36.7 Å². The van der Waals surface area contributed by atoms with Crippen LogP contribution in [-0.2, 0) is 6.42 Å². The summed E-state index contributed by atoms with van der Waals surface area (Å²) in [6.45, 7) is 0. The van der Waals surface area contributed by atoms with Crippen LogP contribution in [0, 0.1) is 5.82 Å². The molecule has 0 amide bonds. The van der Waals surface area contributed by atoms with Crippen molar-refractivity contribution in [3.63, 3.8) is 0 Å². The Morgan fingerprint density at radius 2 is 1.88 bits per heavy atom. The molecule has 0 fully saturated rings. The SMILES string of the molecule is Fc1cccc(Cl)c1CC(Cl)c1ncccn1. The average molecular weight is 271 g/mol. The molecule has 1 atom stereocenters. The van der Waals surface area contributed by atoms with Crippen molar-refractivity contribution in [2.24, 2.45) is 0 Å². The lowest BCUT2D eigenvalue weighted by Gasteiger charge is -2.10. The van der Waals surface area contributed by atoms with Crippen LogP contribution >= 0.6 is 23.2 Å². The highest BCUT2D eigenvalue weighted by atomic mass is 35.5.